The number of halogens is 2. The van der Waals surface area contributed by atoms with E-state index in [0.29, 0.717) is 6.61 Å². The molecule has 0 aromatic carbocycles. The van der Waals surface area contributed by atoms with Crippen LogP contribution in [0.3, 0.4) is 0 Å². The summed E-state index contributed by atoms with van der Waals surface area (Å²) in [6.45, 7) is 4.08. The van der Waals surface area contributed by atoms with E-state index in [-0.39, 0.29) is 12.1 Å². The lowest BCUT2D eigenvalue weighted by molar-refractivity contribution is 0.0799. The fraction of sp³-hybridized carbons (Fsp3) is 1.00. The molecule has 1 rings (SSSR count). The number of hydrogen-bond acceptors (Lipinski definition) is 2. The van der Waals surface area contributed by atoms with E-state index < -0.39 is 12.5 Å². The van der Waals surface area contributed by atoms with Crippen LogP contribution in [-0.2, 0) is 4.74 Å². The average Bonchev–Trinajstić information content (AvgIpc) is 2.36. The molecule has 0 bridgehead atoms. The van der Waals surface area contributed by atoms with Crippen molar-refractivity contribution >= 4 is 0 Å². The Balaban J connectivity index is 2.30. The minimum Gasteiger partial charge on any atom is -0.377 e. The zero-order chi connectivity index (χ0) is 9.14. The third-order valence-electron chi connectivity index (χ3n) is 2.23. The monoisotopic (exact) mass is 179 g/mol. The summed E-state index contributed by atoms with van der Waals surface area (Å²) in [4.78, 5) is 0. The standard InChI is InChI=1S/C8H15F2NO/c1-5(8(9)10)11-7-3-4-12-6(7)2/h5-8,11H,3-4H2,1-2H3. The quantitative estimate of drug-likeness (QED) is 0.707. The number of hydrogen-bond donors (Lipinski definition) is 1. The van der Waals surface area contributed by atoms with E-state index in [1.54, 1.807) is 0 Å². The molecule has 0 aliphatic carbocycles. The van der Waals surface area contributed by atoms with Crippen molar-refractivity contribution < 1.29 is 13.5 Å². The molecular formula is C8H15F2NO. The molecule has 0 aromatic heterocycles. The Hall–Kier alpha value is -0.220. The summed E-state index contributed by atoms with van der Waals surface area (Å²) < 4.78 is 29.4. The van der Waals surface area contributed by atoms with Crippen molar-refractivity contribution in [1.82, 2.24) is 5.32 Å². The topological polar surface area (TPSA) is 21.3 Å². The van der Waals surface area contributed by atoms with Crippen molar-refractivity contribution in [3.8, 4) is 0 Å². The fourth-order valence-electron chi connectivity index (χ4n) is 1.36. The zero-order valence-corrected chi connectivity index (χ0v) is 7.39. The molecule has 1 N–H and O–H groups in total. The molecule has 2 nitrogen and oxygen atoms in total. The van der Waals surface area contributed by atoms with Crippen LogP contribution in [0.5, 0.6) is 0 Å². The molecule has 1 fully saturated rings. The van der Waals surface area contributed by atoms with Crippen molar-refractivity contribution in [2.24, 2.45) is 0 Å². The second kappa shape index (κ2) is 4.14. The number of ether oxygens (including phenoxy) is 1. The smallest absolute Gasteiger partial charge is 0.253 e. The van der Waals surface area contributed by atoms with Gasteiger partial charge >= 0.3 is 0 Å². The molecule has 72 valence electrons. The third kappa shape index (κ3) is 2.38. The van der Waals surface area contributed by atoms with Crippen LogP contribution < -0.4 is 5.32 Å². The Labute approximate surface area is 71.3 Å². The summed E-state index contributed by atoms with van der Waals surface area (Å²) in [5.41, 5.74) is 0. The van der Waals surface area contributed by atoms with Crippen molar-refractivity contribution in [1.29, 1.82) is 0 Å². The van der Waals surface area contributed by atoms with Crippen LogP contribution >= 0.6 is 0 Å². The molecular weight excluding hydrogens is 164 g/mol. The molecule has 3 unspecified atom stereocenters. The first-order valence-corrected chi connectivity index (χ1v) is 4.27. The molecule has 12 heavy (non-hydrogen) atoms. The molecule has 3 atom stereocenters. The van der Waals surface area contributed by atoms with E-state index in [4.69, 9.17) is 4.74 Å². The second-order valence-corrected chi connectivity index (χ2v) is 3.26. The van der Waals surface area contributed by atoms with E-state index in [9.17, 15) is 8.78 Å². The van der Waals surface area contributed by atoms with Gasteiger partial charge in [0.1, 0.15) is 0 Å². The summed E-state index contributed by atoms with van der Waals surface area (Å²) in [6.07, 6.45) is -1.40. The first-order chi connectivity index (χ1) is 5.61. The molecule has 1 heterocycles. The maximum Gasteiger partial charge on any atom is 0.253 e. The van der Waals surface area contributed by atoms with Gasteiger partial charge in [0.05, 0.1) is 12.1 Å². The third-order valence-corrected chi connectivity index (χ3v) is 2.23. The zero-order valence-electron chi connectivity index (χ0n) is 7.39. The van der Waals surface area contributed by atoms with Crippen molar-refractivity contribution in [2.75, 3.05) is 6.61 Å². The van der Waals surface area contributed by atoms with Gasteiger partial charge in [0.25, 0.3) is 6.43 Å². The molecule has 1 saturated heterocycles. The van der Waals surface area contributed by atoms with Gasteiger partial charge in [0, 0.05) is 12.6 Å². The van der Waals surface area contributed by atoms with E-state index in [1.165, 1.54) is 6.92 Å². The van der Waals surface area contributed by atoms with Crippen LogP contribution in [0.25, 0.3) is 0 Å². The Morgan fingerprint density at radius 1 is 1.50 bits per heavy atom. The van der Waals surface area contributed by atoms with Crippen LogP contribution in [0.15, 0.2) is 0 Å². The highest BCUT2D eigenvalue weighted by atomic mass is 19.3. The van der Waals surface area contributed by atoms with Gasteiger partial charge in [-0.05, 0) is 20.3 Å². The van der Waals surface area contributed by atoms with Crippen LogP contribution in [-0.4, -0.2) is 31.2 Å². The first-order valence-electron chi connectivity index (χ1n) is 4.27. The van der Waals surface area contributed by atoms with Gasteiger partial charge in [-0.3, -0.25) is 0 Å². The van der Waals surface area contributed by atoms with Gasteiger partial charge in [-0.2, -0.15) is 0 Å². The van der Waals surface area contributed by atoms with Crippen LogP contribution in [0.2, 0.25) is 0 Å². The molecule has 0 radical (unpaired) electrons. The SMILES string of the molecule is CC(NC1CCOC1C)C(F)F. The second-order valence-electron chi connectivity index (χ2n) is 3.26. The number of alkyl halides is 2. The summed E-state index contributed by atoms with van der Waals surface area (Å²) in [5.74, 6) is 0. The summed E-state index contributed by atoms with van der Waals surface area (Å²) in [5, 5.41) is 2.85. The van der Waals surface area contributed by atoms with E-state index in [2.05, 4.69) is 5.32 Å². The minimum absolute atomic E-state index is 0.0613. The molecule has 1 aliphatic heterocycles. The lowest BCUT2D eigenvalue weighted by Crippen LogP contribution is -2.43. The minimum atomic E-state index is -2.29. The van der Waals surface area contributed by atoms with Crippen LogP contribution in [0.1, 0.15) is 20.3 Å². The van der Waals surface area contributed by atoms with Crippen molar-refractivity contribution in [2.45, 2.75) is 44.9 Å². The van der Waals surface area contributed by atoms with Crippen LogP contribution in [0, 0.1) is 0 Å². The largest absolute Gasteiger partial charge is 0.377 e. The normalized spacial score (nSPS) is 32.8. The highest BCUT2D eigenvalue weighted by Gasteiger charge is 2.27. The van der Waals surface area contributed by atoms with Gasteiger partial charge in [-0.15, -0.1) is 0 Å². The predicted octanol–water partition coefficient (Wildman–Crippen LogP) is 1.41. The molecule has 1 aliphatic rings. The fourth-order valence-corrected chi connectivity index (χ4v) is 1.36. The number of nitrogens with one attached hydrogen (secondary N) is 1. The Morgan fingerprint density at radius 3 is 2.58 bits per heavy atom. The highest BCUT2D eigenvalue weighted by molar-refractivity contribution is 4.82. The summed E-state index contributed by atoms with van der Waals surface area (Å²) in [7, 11) is 0. The van der Waals surface area contributed by atoms with Gasteiger partial charge in [0.2, 0.25) is 0 Å². The highest BCUT2D eigenvalue weighted by Crippen LogP contribution is 2.14. The lowest BCUT2D eigenvalue weighted by atomic mass is 10.1. The molecule has 0 aromatic rings. The van der Waals surface area contributed by atoms with Gasteiger partial charge in [-0.25, -0.2) is 8.78 Å². The first kappa shape index (κ1) is 9.86. The van der Waals surface area contributed by atoms with E-state index in [0.717, 1.165) is 6.42 Å². The number of rotatable bonds is 3. The van der Waals surface area contributed by atoms with Crippen molar-refractivity contribution in [3.05, 3.63) is 0 Å². The maximum absolute atomic E-state index is 12.1. The molecule has 4 heteroatoms. The Morgan fingerprint density at radius 2 is 2.17 bits per heavy atom. The molecule has 0 amide bonds. The van der Waals surface area contributed by atoms with Gasteiger partial charge in [-0.1, -0.05) is 0 Å². The molecule has 0 spiro atoms. The van der Waals surface area contributed by atoms with Crippen molar-refractivity contribution in [3.63, 3.8) is 0 Å². The van der Waals surface area contributed by atoms with Gasteiger partial charge < -0.3 is 10.1 Å². The van der Waals surface area contributed by atoms with Gasteiger partial charge in [0.15, 0.2) is 0 Å². The maximum atomic E-state index is 12.1. The van der Waals surface area contributed by atoms with Crippen LogP contribution in [0.4, 0.5) is 8.78 Å². The molecule has 0 saturated carbocycles. The lowest BCUT2D eigenvalue weighted by Gasteiger charge is -2.20. The predicted molar refractivity (Wildman–Crippen MR) is 42.4 cm³/mol. The van der Waals surface area contributed by atoms with E-state index >= 15 is 0 Å². The van der Waals surface area contributed by atoms with E-state index in [1.807, 2.05) is 6.92 Å². The Kier molecular flexibility index (Phi) is 3.40. The summed E-state index contributed by atoms with van der Waals surface area (Å²) in [6, 6.07) is -0.645. The summed E-state index contributed by atoms with van der Waals surface area (Å²) >= 11 is 0. The average molecular weight is 179 g/mol. The Bertz CT molecular complexity index is 143.